The second kappa shape index (κ2) is 8.71. The van der Waals surface area contributed by atoms with Crippen molar-refractivity contribution in [2.45, 2.75) is 0 Å². The van der Waals surface area contributed by atoms with Crippen LogP contribution in [0.3, 0.4) is 0 Å². The van der Waals surface area contributed by atoms with E-state index in [9.17, 15) is 14.8 Å². The monoisotopic (exact) mass is 442 g/mol. The van der Waals surface area contributed by atoms with Gasteiger partial charge in [0.15, 0.2) is 5.65 Å². The van der Waals surface area contributed by atoms with Crippen LogP contribution in [0.5, 0.6) is 0 Å². The molecule has 3 heterocycles. The third-order valence-corrected chi connectivity index (χ3v) is 5.63. The van der Waals surface area contributed by atoms with Gasteiger partial charge < -0.3 is 20.7 Å². The first-order valence-electron chi connectivity index (χ1n) is 10.6. The van der Waals surface area contributed by atoms with E-state index in [0.717, 1.165) is 29.9 Å². The van der Waals surface area contributed by atoms with Crippen LogP contribution in [-0.4, -0.2) is 56.9 Å². The number of aromatic nitrogens is 3. The summed E-state index contributed by atoms with van der Waals surface area (Å²) >= 11 is 0. The van der Waals surface area contributed by atoms with Crippen molar-refractivity contribution in [1.29, 1.82) is 0 Å². The fourth-order valence-electron chi connectivity index (χ4n) is 3.91. The van der Waals surface area contributed by atoms with Gasteiger partial charge in [-0.3, -0.25) is 4.79 Å². The van der Waals surface area contributed by atoms with Crippen LogP contribution in [0.2, 0.25) is 0 Å². The standard InChI is InChI=1S/C24H22N6O3/c31-23(29-13-11-25-12-14-29)17-8-6-16(7-9-17)18-3-1-4-19(15-18)27-21-20-5-2-10-26-22(20)30(33)24(32)28-21/h1-10,15,25,33H,11-14H2,(H,27,28,32). The third kappa shape index (κ3) is 4.13. The van der Waals surface area contributed by atoms with Crippen LogP contribution in [0.4, 0.5) is 11.5 Å². The number of anilines is 2. The molecule has 1 aliphatic heterocycles. The summed E-state index contributed by atoms with van der Waals surface area (Å²) in [5.74, 6) is 0.353. The first-order chi connectivity index (χ1) is 16.1. The lowest BCUT2D eigenvalue weighted by atomic mass is 10.0. The van der Waals surface area contributed by atoms with E-state index in [1.165, 1.54) is 6.20 Å². The first-order valence-corrected chi connectivity index (χ1v) is 10.6. The summed E-state index contributed by atoms with van der Waals surface area (Å²) in [4.78, 5) is 34.6. The molecular formula is C24H22N6O3. The van der Waals surface area contributed by atoms with Crippen molar-refractivity contribution in [1.82, 2.24) is 24.9 Å². The van der Waals surface area contributed by atoms with Gasteiger partial charge in [0.2, 0.25) is 0 Å². The third-order valence-electron chi connectivity index (χ3n) is 5.63. The Morgan fingerprint density at radius 3 is 2.58 bits per heavy atom. The van der Waals surface area contributed by atoms with Crippen molar-refractivity contribution in [3.05, 3.63) is 82.9 Å². The summed E-state index contributed by atoms with van der Waals surface area (Å²) in [6.45, 7) is 3.06. The van der Waals surface area contributed by atoms with Gasteiger partial charge in [-0.15, -0.1) is 4.73 Å². The van der Waals surface area contributed by atoms with Crippen LogP contribution in [0, 0.1) is 0 Å². The molecule has 1 aliphatic rings. The number of nitrogens with one attached hydrogen (secondary N) is 2. The first kappa shape index (κ1) is 20.7. The van der Waals surface area contributed by atoms with E-state index in [4.69, 9.17) is 0 Å². The Bertz CT molecular complexity index is 1380. The number of pyridine rings is 1. The SMILES string of the molecule is O=C(c1ccc(-c2cccc(Nc3nc(=O)n(O)c4ncccc34)c2)cc1)N1CCNCC1. The molecule has 0 atom stereocenters. The molecule has 33 heavy (non-hydrogen) atoms. The molecule has 1 saturated heterocycles. The number of hydrogen-bond donors (Lipinski definition) is 3. The van der Waals surface area contributed by atoms with Crippen LogP contribution in [0.15, 0.2) is 71.7 Å². The topological polar surface area (TPSA) is 112 Å². The molecule has 5 rings (SSSR count). The number of amides is 1. The van der Waals surface area contributed by atoms with Crippen LogP contribution < -0.4 is 16.3 Å². The molecule has 0 spiro atoms. The Kier molecular flexibility index (Phi) is 5.45. The van der Waals surface area contributed by atoms with Gasteiger partial charge in [0.1, 0.15) is 5.82 Å². The summed E-state index contributed by atoms with van der Waals surface area (Å²) in [5, 5.41) is 16.8. The van der Waals surface area contributed by atoms with Gasteiger partial charge in [0.05, 0.1) is 5.39 Å². The Morgan fingerprint density at radius 1 is 1.00 bits per heavy atom. The van der Waals surface area contributed by atoms with Crippen LogP contribution in [0.25, 0.3) is 22.2 Å². The number of rotatable bonds is 4. The average Bonchev–Trinajstić information content (AvgIpc) is 2.87. The zero-order valence-corrected chi connectivity index (χ0v) is 17.7. The van der Waals surface area contributed by atoms with E-state index < -0.39 is 5.69 Å². The van der Waals surface area contributed by atoms with E-state index in [-0.39, 0.29) is 11.6 Å². The normalized spacial score (nSPS) is 13.8. The van der Waals surface area contributed by atoms with Gasteiger partial charge in [-0.2, -0.15) is 4.98 Å². The molecule has 166 valence electrons. The molecule has 0 radical (unpaired) electrons. The number of fused-ring (bicyclic) bond motifs is 1. The summed E-state index contributed by atoms with van der Waals surface area (Å²) in [6, 6.07) is 18.6. The second-order valence-electron chi connectivity index (χ2n) is 7.75. The lowest BCUT2D eigenvalue weighted by Gasteiger charge is -2.27. The number of carbonyl (C=O) groups excluding carboxylic acids is 1. The van der Waals surface area contributed by atoms with Gasteiger partial charge in [-0.1, -0.05) is 24.3 Å². The molecule has 0 saturated carbocycles. The minimum absolute atomic E-state index is 0.0450. The molecule has 3 N–H and O–H groups in total. The quantitative estimate of drug-likeness (QED) is 0.416. The van der Waals surface area contributed by atoms with Crippen molar-refractivity contribution in [3.63, 3.8) is 0 Å². The maximum atomic E-state index is 12.7. The van der Waals surface area contributed by atoms with Crippen molar-refractivity contribution in [2.75, 3.05) is 31.5 Å². The molecule has 2 aromatic carbocycles. The molecule has 1 amide bonds. The van der Waals surface area contributed by atoms with Crippen molar-refractivity contribution in [2.24, 2.45) is 0 Å². The predicted octanol–water partition coefficient (Wildman–Crippen LogP) is 2.48. The van der Waals surface area contributed by atoms with E-state index in [1.807, 2.05) is 53.4 Å². The van der Waals surface area contributed by atoms with E-state index in [1.54, 1.807) is 12.1 Å². The van der Waals surface area contributed by atoms with Crippen LogP contribution in [0.1, 0.15) is 10.4 Å². The highest BCUT2D eigenvalue weighted by Crippen LogP contribution is 2.26. The predicted molar refractivity (Wildman–Crippen MR) is 125 cm³/mol. The Morgan fingerprint density at radius 2 is 1.79 bits per heavy atom. The molecule has 9 nitrogen and oxygen atoms in total. The number of benzene rings is 2. The zero-order chi connectivity index (χ0) is 22.8. The highest BCUT2D eigenvalue weighted by molar-refractivity contribution is 5.95. The molecule has 0 aliphatic carbocycles. The smallest absolute Gasteiger partial charge is 0.384 e. The minimum atomic E-state index is -0.815. The average molecular weight is 442 g/mol. The molecule has 1 fully saturated rings. The van der Waals surface area contributed by atoms with Gasteiger partial charge in [0, 0.05) is 43.6 Å². The van der Waals surface area contributed by atoms with Gasteiger partial charge in [-0.05, 0) is 47.5 Å². The fraction of sp³-hybridized carbons (Fsp3) is 0.167. The molecule has 4 aromatic rings. The summed E-state index contributed by atoms with van der Waals surface area (Å²) in [6.07, 6.45) is 1.50. The zero-order valence-electron chi connectivity index (χ0n) is 17.7. The van der Waals surface area contributed by atoms with Crippen molar-refractivity contribution in [3.8, 4) is 11.1 Å². The van der Waals surface area contributed by atoms with E-state index >= 15 is 0 Å². The highest BCUT2D eigenvalue weighted by atomic mass is 16.5. The number of hydrogen-bond acceptors (Lipinski definition) is 7. The van der Waals surface area contributed by atoms with Gasteiger partial charge in [-0.25, -0.2) is 9.78 Å². The maximum Gasteiger partial charge on any atom is 0.384 e. The number of nitrogens with zero attached hydrogens (tertiary/aromatic N) is 4. The Balaban J connectivity index is 1.40. The molecule has 9 heteroatoms. The number of piperazine rings is 1. The van der Waals surface area contributed by atoms with Crippen molar-refractivity contribution >= 4 is 28.4 Å². The molecule has 0 bridgehead atoms. The second-order valence-corrected chi connectivity index (χ2v) is 7.75. The van der Waals surface area contributed by atoms with Gasteiger partial charge >= 0.3 is 5.69 Å². The Labute approximate surface area is 189 Å². The maximum absolute atomic E-state index is 12.7. The molecule has 0 unspecified atom stereocenters. The summed E-state index contributed by atoms with van der Waals surface area (Å²) < 4.78 is 0.431. The summed E-state index contributed by atoms with van der Waals surface area (Å²) in [7, 11) is 0. The van der Waals surface area contributed by atoms with Gasteiger partial charge in [0.25, 0.3) is 5.91 Å². The Hall–Kier alpha value is -4.24. The summed E-state index contributed by atoms with van der Waals surface area (Å²) in [5.41, 5.74) is 2.61. The lowest BCUT2D eigenvalue weighted by molar-refractivity contribution is 0.0736. The van der Waals surface area contributed by atoms with E-state index in [0.29, 0.717) is 34.6 Å². The van der Waals surface area contributed by atoms with Crippen LogP contribution >= 0.6 is 0 Å². The largest absolute Gasteiger partial charge is 0.422 e. The highest BCUT2D eigenvalue weighted by Gasteiger charge is 2.18. The molecular weight excluding hydrogens is 420 g/mol. The van der Waals surface area contributed by atoms with Crippen molar-refractivity contribution < 1.29 is 10.0 Å². The van der Waals surface area contributed by atoms with Crippen LogP contribution in [-0.2, 0) is 0 Å². The lowest BCUT2D eigenvalue weighted by Crippen LogP contribution is -2.46. The number of carbonyl (C=O) groups is 1. The van der Waals surface area contributed by atoms with E-state index in [2.05, 4.69) is 20.6 Å². The molecule has 2 aromatic heterocycles. The fourth-order valence-corrected chi connectivity index (χ4v) is 3.91. The minimum Gasteiger partial charge on any atom is -0.422 e.